The number of carbonyl (C=O) groups excluding carboxylic acids is 1. The third kappa shape index (κ3) is 5.05. The van der Waals surface area contributed by atoms with Crippen LogP contribution in [0, 0.1) is 6.92 Å². The number of aryl methyl sites for hydroxylation is 1. The monoisotopic (exact) mass is 458 g/mol. The molecule has 0 saturated carbocycles. The normalized spacial score (nSPS) is 18.2. The zero-order valence-electron chi connectivity index (χ0n) is 16.8. The smallest absolute Gasteiger partial charge is 0.320 e. The highest BCUT2D eigenvalue weighted by atomic mass is 79.9. The van der Waals surface area contributed by atoms with Crippen LogP contribution >= 0.6 is 15.9 Å². The van der Waals surface area contributed by atoms with Crippen molar-refractivity contribution in [2.24, 2.45) is 0 Å². The quantitative estimate of drug-likeness (QED) is 0.707. The summed E-state index contributed by atoms with van der Waals surface area (Å²) in [7, 11) is 0. The molecule has 0 atom stereocenters. The summed E-state index contributed by atoms with van der Waals surface area (Å²) >= 11 is 3.48. The number of benzene rings is 1. The number of carbonyl (C=O) groups is 1. The van der Waals surface area contributed by atoms with Crippen molar-refractivity contribution >= 4 is 27.8 Å². The molecule has 29 heavy (non-hydrogen) atoms. The Morgan fingerprint density at radius 2 is 1.55 bits per heavy atom. The van der Waals surface area contributed by atoms with E-state index in [1.807, 2.05) is 22.8 Å². The van der Waals surface area contributed by atoms with Crippen molar-refractivity contribution in [3.8, 4) is 0 Å². The maximum absolute atomic E-state index is 12.9. The first-order valence-electron chi connectivity index (χ1n) is 10.1. The number of anilines is 1. The molecule has 0 aliphatic carbocycles. The standard InChI is InChI=1S/C21H27BrN6O/c1-17-23-7-6-20(24-17)26-12-14-28(15-13-26)21(29)27-10-8-25(9-11-27)16-18-2-4-19(22)5-3-18/h2-7H,8-16H2,1H3. The van der Waals surface area contributed by atoms with Crippen LogP contribution < -0.4 is 4.90 Å². The first kappa shape index (κ1) is 20.1. The van der Waals surface area contributed by atoms with Gasteiger partial charge in [0.15, 0.2) is 0 Å². The van der Waals surface area contributed by atoms with Crippen LogP contribution in [0.1, 0.15) is 11.4 Å². The summed E-state index contributed by atoms with van der Waals surface area (Å²) in [6.45, 7) is 9.36. The maximum Gasteiger partial charge on any atom is 0.320 e. The Balaban J connectivity index is 1.24. The number of hydrogen-bond acceptors (Lipinski definition) is 5. The fraction of sp³-hybridized carbons (Fsp3) is 0.476. The second-order valence-electron chi connectivity index (χ2n) is 7.61. The minimum Gasteiger partial charge on any atom is -0.353 e. The highest BCUT2D eigenvalue weighted by Gasteiger charge is 2.28. The summed E-state index contributed by atoms with van der Waals surface area (Å²) in [5, 5.41) is 0. The number of halogens is 1. The first-order chi connectivity index (χ1) is 14.1. The van der Waals surface area contributed by atoms with Gasteiger partial charge in [0.05, 0.1) is 0 Å². The molecule has 2 saturated heterocycles. The number of nitrogens with zero attached hydrogens (tertiary/aromatic N) is 6. The van der Waals surface area contributed by atoms with E-state index in [9.17, 15) is 4.79 Å². The van der Waals surface area contributed by atoms with E-state index in [0.29, 0.717) is 0 Å². The van der Waals surface area contributed by atoms with Gasteiger partial charge in [0.1, 0.15) is 11.6 Å². The molecule has 0 spiro atoms. The van der Waals surface area contributed by atoms with E-state index >= 15 is 0 Å². The summed E-state index contributed by atoms with van der Waals surface area (Å²) in [4.78, 5) is 30.2. The van der Waals surface area contributed by atoms with Gasteiger partial charge in [0.2, 0.25) is 0 Å². The summed E-state index contributed by atoms with van der Waals surface area (Å²) in [6.07, 6.45) is 1.79. The summed E-state index contributed by atoms with van der Waals surface area (Å²) in [5.41, 5.74) is 1.31. The second kappa shape index (κ2) is 9.09. The maximum atomic E-state index is 12.9. The lowest BCUT2D eigenvalue weighted by molar-refractivity contribution is 0.108. The molecule has 2 aliphatic rings. The molecule has 0 N–H and O–H groups in total. The van der Waals surface area contributed by atoms with Crippen molar-refractivity contribution in [1.82, 2.24) is 24.7 Å². The third-order valence-corrected chi connectivity index (χ3v) is 6.13. The molecule has 2 amide bonds. The van der Waals surface area contributed by atoms with E-state index in [4.69, 9.17) is 0 Å². The predicted octanol–water partition coefficient (Wildman–Crippen LogP) is 2.61. The highest BCUT2D eigenvalue weighted by Crippen LogP contribution is 2.16. The Labute approximate surface area is 180 Å². The van der Waals surface area contributed by atoms with Crippen LogP contribution in [0.5, 0.6) is 0 Å². The average molecular weight is 459 g/mol. The summed E-state index contributed by atoms with van der Waals surface area (Å²) < 4.78 is 1.10. The van der Waals surface area contributed by atoms with E-state index in [-0.39, 0.29) is 6.03 Å². The summed E-state index contributed by atoms with van der Waals surface area (Å²) in [5.74, 6) is 1.73. The number of urea groups is 1. The van der Waals surface area contributed by atoms with Crippen LogP contribution in [-0.4, -0.2) is 83.1 Å². The second-order valence-corrected chi connectivity index (χ2v) is 8.52. The number of hydrogen-bond donors (Lipinski definition) is 0. The van der Waals surface area contributed by atoms with Crippen molar-refractivity contribution in [2.75, 3.05) is 57.3 Å². The molecule has 3 heterocycles. The van der Waals surface area contributed by atoms with E-state index in [2.05, 4.69) is 60.0 Å². The molecule has 0 unspecified atom stereocenters. The van der Waals surface area contributed by atoms with E-state index in [1.165, 1.54) is 5.56 Å². The Morgan fingerprint density at radius 3 is 2.17 bits per heavy atom. The van der Waals surface area contributed by atoms with E-state index in [1.54, 1.807) is 6.20 Å². The lowest BCUT2D eigenvalue weighted by Gasteiger charge is -2.40. The fourth-order valence-corrected chi connectivity index (χ4v) is 4.16. The van der Waals surface area contributed by atoms with Crippen molar-refractivity contribution in [3.05, 3.63) is 52.4 Å². The van der Waals surface area contributed by atoms with Crippen LogP contribution in [0.2, 0.25) is 0 Å². The number of rotatable bonds is 3. The van der Waals surface area contributed by atoms with Crippen molar-refractivity contribution < 1.29 is 4.79 Å². The molecule has 0 bridgehead atoms. The molecule has 4 rings (SSSR count). The van der Waals surface area contributed by atoms with Gasteiger partial charge < -0.3 is 14.7 Å². The van der Waals surface area contributed by atoms with Gasteiger partial charge in [-0.25, -0.2) is 14.8 Å². The lowest BCUT2D eigenvalue weighted by atomic mass is 10.2. The zero-order chi connectivity index (χ0) is 20.2. The molecule has 154 valence electrons. The summed E-state index contributed by atoms with van der Waals surface area (Å²) in [6, 6.07) is 10.6. The van der Waals surface area contributed by atoms with Gasteiger partial charge in [0, 0.05) is 69.6 Å². The number of piperazine rings is 2. The molecular weight excluding hydrogens is 432 g/mol. The molecular formula is C21H27BrN6O. The molecule has 0 radical (unpaired) electrons. The molecule has 7 nitrogen and oxygen atoms in total. The van der Waals surface area contributed by atoms with Gasteiger partial charge >= 0.3 is 6.03 Å². The largest absolute Gasteiger partial charge is 0.353 e. The molecule has 2 aromatic rings. The van der Waals surface area contributed by atoms with Crippen LogP contribution in [0.15, 0.2) is 41.0 Å². The topological polar surface area (TPSA) is 55.8 Å². The third-order valence-electron chi connectivity index (χ3n) is 5.60. The van der Waals surface area contributed by atoms with Gasteiger partial charge in [-0.05, 0) is 30.7 Å². The molecule has 8 heteroatoms. The zero-order valence-corrected chi connectivity index (χ0v) is 18.4. The Morgan fingerprint density at radius 1 is 0.931 bits per heavy atom. The van der Waals surface area contributed by atoms with Gasteiger partial charge in [-0.15, -0.1) is 0 Å². The fourth-order valence-electron chi connectivity index (χ4n) is 3.89. The highest BCUT2D eigenvalue weighted by molar-refractivity contribution is 9.10. The van der Waals surface area contributed by atoms with Gasteiger partial charge in [-0.1, -0.05) is 28.1 Å². The van der Waals surface area contributed by atoms with Gasteiger partial charge in [-0.3, -0.25) is 4.90 Å². The van der Waals surface area contributed by atoms with Crippen LogP contribution in [0.25, 0.3) is 0 Å². The van der Waals surface area contributed by atoms with E-state index in [0.717, 1.165) is 75.0 Å². The van der Waals surface area contributed by atoms with Crippen molar-refractivity contribution in [3.63, 3.8) is 0 Å². The van der Waals surface area contributed by atoms with Crippen molar-refractivity contribution in [2.45, 2.75) is 13.5 Å². The Bertz CT molecular complexity index is 829. The van der Waals surface area contributed by atoms with Crippen LogP contribution in [0.3, 0.4) is 0 Å². The van der Waals surface area contributed by atoms with Crippen LogP contribution in [0.4, 0.5) is 10.6 Å². The number of aromatic nitrogens is 2. The molecule has 2 aliphatic heterocycles. The van der Waals surface area contributed by atoms with E-state index < -0.39 is 0 Å². The minimum absolute atomic E-state index is 0.173. The van der Waals surface area contributed by atoms with Crippen molar-refractivity contribution in [1.29, 1.82) is 0 Å². The van der Waals surface area contributed by atoms with Gasteiger partial charge in [-0.2, -0.15) is 0 Å². The average Bonchev–Trinajstić information content (AvgIpc) is 2.75. The Kier molecular flexibility index (Phi) is 6.30. The molecule has 1 aromatic heterocycles. The van der Waals surface area contributed by atoms with Crippen LogP contribution in [-0.2, 0) is 6.54 Å². The predicted molar refractivity (Wildman–Crippen MR) is 117 cm³/mol. The SMILES string of the molecule is Cc1nccc(N2CCN(C(=O)N3CCN(Cc4ccc(Br)cc4)CC3)CC2)n1. The lowest BCUT2D eigenvalue weighted by Crippen LogP contribution is -2.56. The Hall–Kier alpha value is -2.19. The molecule has 1 aromatic carbocycles. The first-order valence-corrected chi connectivity index (χ1v) is 10.9. The molecule has 2 fully saturated rings. The van der Waals surface area contributed by atoms with Gasteiger partial charge in [0.25, 0.3) is 0 Å². The number of amides is 2. The minimum atomic E-state index is 0.173.